The van der Waals surface area contributed by atoms with Gasteiger partial charge in [-0.2, -0.15) is 0 Å². The highest BCUT2D eigenvalue weighted by molar-refractivity contribution is 7.98. The average Bonchev–Trinajstić information content (AvgIpc) is 2.68. The number of carbonyl (C=O) groups excluding carboxylic acids is 1. The van der Waals surface area contributed by atoms with Gasteiger partial charge in [-0.05, 0) is 42.7 Å². The second-order valence-electron chi connectivity index (χ2n) is 5.52. The minimum absolute atomic E-state index is 0.150. The normalized spacial score (nSPS) is 11.1. The summed E-state index contributed by atoms with van der Waals surface area (Å²) in [5.41, 5.74) is 1.07. The standard InChI is InChI=1S/C20H17NO3S2/c1-25-16-11-13-17(14-12-16)26(23,24)21-19-10-6-5-9-18(19)20(22)15-7-3-2-4-8-15/h2-14,21H,1H3. The van der Waals surface area contributed by atoms with Crippen molar-refractivity contribution in [1.82, 2.24) is 0 Å². The van der Waals surface area contributed by atoms with E-state index in [1.54, 1.807) is 72.8 Å². The van der Waals surface area contributed by atoms with Crippen LogP contribution in [0.2, 0.25) is 0 Å². The van der Waals surface area contributed by atoms with Crippen LogP contribution in [-0.2, 0) is 10.0 Å². The highest BCUT2D eigenvalue weighted by atomic mass is 32.2. The summed E-state index contributed by atoms with van der Waals surface area (Å²) in [6.45, 7) is 0. The molecule has 0 amide bonds. The van der Waals surface area contributed by atoms with Crippen LogP contribution in [0, 0.1) is 0 Å². The molecular formula is C20H17NO3S2. The Morgan fingerprint density at radius 2 is 1.46 bits per heavy atom. The number of carbonyl (C=O) groups is 1. The highest BCUT2D eigenvalue weighted by Gasteiger charge is 2.19. The summed E-state index contributed by atoms with van der Waals surface area (Å²) in [5, 5.41) is 0. The Bertz CT molecular complexity index is 1010. The van der Waals surface area contributed by atoms with Gasteiger partial charge in [0, 0.05) is 16.0 Å². The van der Waals surface area contributed by atoms with Gasteiger partial charge in [0.05, 0.1) is 10.6 Å². The second kappa shape index (κ2) is 7.76. The van der Waals surface area contributed by atoms with Gasteiger partial charge in [0.1, 0.15) is 0 Å². The minimum atomic E-state index is -3.79. The number of thioether (sulfide) groups is 1. The molecule has 132 valence electrons. The zero-order chi connectivity index (χ0) is 18.6. The predicted octanol–water partition coefficient (Wildman–Crippen LogP) is 4.44. The maximum absolute atomic E-state index is 12.7. The Morgan fingerprint density at radius 3 is 2.12 bits per heavy atom. The van der Waals surface area contributed by atoms with Gasteiger partial charge in [-0.15, -0.1) is 11.8 Å². The highest BCUT2D eigenvalue weighted by Crippen LogP contribution is 2.24. The number of benzene rings is 3. The molecule has 0 aliphatic carbocycles. The molecule has 0 saturated carbocycles. The molecule has 0 bridgehead atoms. The topological polar surface area (TPSA) is 63.2 Å². The number of rotatable bonds is 6. The van der Waals surface area contributed by atoms with Crippen molar-refractivity contribution in [3.05, 3.63) is 90.0 Å². The van der Waals surface area contributed by atoms with Crippen molar-refractivity contribution in [2.75, 3.05) is 11.0 Å². The summed E-state index contributed by atoms with van der Waals surface area (Å²) in [5.74, 6) is -0.235. The first-order chi connectivity index (χ1) is 12.5. The van der Waals surface area contributed by atoms with Crippen LogP contribution in [0.15, 0.2) is 88.7 Å². The molecule has 0 saturated heterocycles. The Kier molecular flexibility index (Phi) is 5.44. The SMILES string of the molecule is CSc1ccc(S(=O)(=O)Nc2ccccc2C(=O)c2ccccc2)cc1. The monoisotopic (exact) mass is 383 g/mol. The summed E-state index contributed by atoms with van der Waals surface area (Å²) >= 11 is 1.54. The molecule has 4 nitrogen and oxygen atoms in total. The number of hydrogen-bond acceptors (Lipinski definition) is 4. The van der Waals surface area contributed by atoms with E-state index in [-0.39, 0.29) is 16.4 Å². The van der Waals surface area contributed by atoms with E-state index < -0.39 is 10.0 Å². The van der Waals surface area contributed by atoms with Crippen LogP contribution in [-0.4, -0.2) is 20.5 Å². The number of nitrogens with one attached hydrogen (secondary N) is 1. The van der Waals surface area contributed by atoms with E-state index in [1.165, 1.54) is 11.8 Å². The first-order valence-electron chi connectivity index (χ1n) is 7.87. The number of anilines is 1. The van der Waals surface area contributed by atoms with Crippen molar-refractivity contribution < 1.29 is 13.2 Å². The predicted molar refractivity (Wildman–Crippen MR) is 105 cm³/mol. The van der Waals surface area contributed by atoms with Crippen molar-refractivity contribution in [3.8, 4) is 0 Å². The largest absolute Gasteiger partial charge is 0.289 e. The lowest BCUT2D eigenvalue weighted by Crippen LogP contribution is -2.16. The summed E-state index contributed by atoms with van der Waals surface area (Å²) in [6, 6.07) is 22.0. The fraction of sp³-hybridized carbons (Fsp3) is 0.0500. The first-order valence-corrected chi connectivity index (χ1v) is 10.6. The quantitative estimate of drug-likeness (QED) is 0.505. The van der Waals surface area contributed by atoms with Crippen molar-refractivity contribution in [1.29, 1.82) is 0 Å². The third-order valence-electron chi connectivity index (χ3n) is 3.82. The van der Waals surface area contributed by atoms with Gasteiger partial charge in [0.15, 0.2) is 5.78 Å². The van der Waals surface area contributed by atoms with Crippen LogP contribution >= 0.6 is 11.8 Å². The minimum Gasteiger partial charge on any atom is -0.289 e. The molecule has 3 rings (SSSR count). The smallest absolute Gasteiger partial charge is 0.261 e. The Balaban J connectivity index is 1.94. The van der Waals surface area contributed by atoms with E-state index in [9.17, 15) is 13.2 Å². The lowest BCUT2D eigenvalue weighted by Gasteiger charge is -2.12. The van der Waals surface area contributed by atoms with E-state index in [2.05, 4.69) is 4.72 Å². The van der Waals surface area contributed by atoms with E-state index in [0.29, 0.717) is 11.1 Å². The summed E-state index contributed by atoms with van der Waals surface area (Å²) in [6.07, 6.45) is 1.92. The van der Waals surface area contributed by atoms with Crippen LogP contribution in [0.5, 0.6) is 0 Å². The molecule has 0 fully saturated rings. The lowest BCUT2D eigenvalue weighted by atomic mass is 10.0. The molecule has 3 aromatic rings. The molecule has 0 aromatic heterocycles. The summed E-state index contributed by atoms with van der Waals surface area (Å²) in [4.78, 5) is 13.9. The zero-order valence-corrected chi connectivity index (χ0v) is 15.7. The maximum Gasteiger partial charge on any atom is 0.261 e. The van der Waals surface area contributed by atoms with Gasteiger partial charge in [-0.25, -0.2) is 8.42 Å². The first kappa shape index (κ1) is 18.2. The molecule has 0 aliphatic heterocycles. The molecule has 26 heavy (non-hydrogen) atoms. The van der Waals surface area contributed by atoms with Crippen LogP contribution in [0.3, 0.4) is 0 Å². The molecule has 0 radical (unpaired) electrons. The van der Waals surface area contributed by atoms with Crippen molar-refractivity contribution in [2.45, 2.75) is 9.79 Å². The van der Waals surface area contributed by atoms with Crippen molar-refractivity contribution in [3.63, 3.8) is 0 Å². The molecule has 1 N–H and O–H groups in total. The molecule has 0 spiro atoms. The molecule has 6 heteroatoms. The molecular weight excluding hydrogens is 366 g/mol. The zero-order valence-electron chi connectivity index (χ0n) is 14.0. The van der Waals surface area contributed by atoms with E-state index >= 15 is 0 Å². The number of para-hydroxylation sites is 1. The third-order valence-corrected chi connectivity index (χ3v) is 5.95. The van der Waals surface area contributed by atoms with Crippen molar-refractivity contribution in [2.24, 2.45) is 0 Å². The van der Waals surface area contributed by atoms with Crippen LogP contribution in [0.1, 0.15) is 15.9 Å². The average molecular weight is 383 g/mol. The summed E-state index contributed by atoms with van der Waals surface area (Å²) < 4.78 is 27.9. The van der Waals surface area contributed by atoms with E-state index in [1.807, 2.05) is 12.3 Å². The lowest BCUT2D eigenvalue weighted by molar-refractivity contribution is 0.103. The second-order valence-corrected chi connectivity index (χ2v) is 8.08. The Morgan fingerprint density at radius 1 is 0.846 bits per heavy atom. The Hall–Kier alpha value is -2.57. The summed E-state index contributed by atoms with van der Waals surface area (Å²) in [7, 11) is -3.79. The van der Waals surface area contributed by atoms with Crippen LogP contribution < -0.4 is 4.72 Å². The van der Waals surface area contributed by atoms with E-state index in [0.717, 1.165) is 4.90 Å². The van der Waals surface area contributed by atoms with Gasteiger partial charge in [-0.1, -0.05) is 42.5 Å². The van der Waals surface area contributed by atoms with Crippen molar-refractivity contribution >= 4 is 33.3 Å². The molecule has 3 aromatic carbocycles. The molecule has 0 heterocycles. The van der Waals surface area contributed by atoms with Gasteiger partial charge in [0.2, 0.25) is 0 Å². The fourth-order valence-corrected chi connectivity index (χ4v) is 3.96. The molecule has 0 atom stereocenters. The van der Waals surface area contributed by atoms with Gasteiger partial charge in [0.25, 0.3) is 10.0 Å². The maximum atomic E-state index is 12.7. The number of sulfonamides is 1. The number of hydrogen-bond donors (Lipinski definition) is 1. The fourth-order valence-electron chi connectivity index (χ4n) is 2.47. The van der Waals surface area contributed by atoms with Crippen LogP contribution in [0.4, 0.5) is 5.69 Å². The van der Waals surface area contributed by atoms with Gasteiger partial charge >= 0.3 is 0 Å². The van der Waals surface area contributed by atoms with Gasteiger partial charge in [-0.3, -0.25) is 9.52 Å². The van der Waals surface area contributed by atoms with Gasteiger partial charge < -0.3 is 0 Å². The molecule has 0 aliphatic rings. The number of ketones is 1. The van der Waals surface area contributed by atoms with Crippen LogP contribution in [0.25, 0.3) is 0 Å². The third kappa shape index (κ3) is 3.98. The van der Waals surface area contributed by atoms with E-state index in [4.69, 9.17) is 0 Å². The molecule has 0 unspecified atom stereocenters. The Labute approximate surface area is 157 Å².